The lowest BCUT2D eigenvalue weighted by Crippen LogP contribution is -2.38. The Hall–Kier alpha value is -4.47. The Morgan fingerprint density at radius 1 is 1.14 bits per heavy atom. The van der Waals surface area contributed by atoms with Gasteiger partial charge in [-0.1, -0.05) is 49.4 Å². The predicted octanol–water partition coefficient (Wildman–Crippen LogP) is 2.74. The quantitative estimate of drug-likeness (QED) is 0.399. The highest BCUT2D eigenvalue weighted by Crippen LogP contribution is 2.21. The lowest BCUT2D eigenvalue weighted by Gasteiger charge is -2.15. The van der Waals surface area contributed by atoms with Gasteiger partial charge in [0.15, 0.2) is 11.5 Å². The predicted molar refractivity (Wildman–Crippen MR) is 135 cm³/mol. The van der Waals surface area contributed by atoms with E-state index in [0.29, 0.717) is 36.3 Å². The van der Waals surface area contributed by atoms with Crippen LogP contribution in [-0.4, -0.2) is 63.6 Å². The summed E-state index contributed by atoms with van der Waals surface area (Å²) in [5.41, 5.74) is 8.46. The van der Waals surface area contributed by atoms with Gasteiger partial charge in [0.2, 0.25) is 0 Å². The molecule has 36 heavy (non-hydrogen) atoms. The number of nitrogens with one attached hydrogen (secondary N) is 2. The topological polar surface area (TPSA) is 151 Å². The van der Waals surface area contributed by atoms with E-state index < -0.39 is 12.0 Å². The van der Waals surface area contributed by atoms with Gasteiger partial charge in [-0.2, -0.15) is 0 Å². The fourth-order valence-corrected chi connectivity index (χ4v) is 4.08. The number of benzene rings is 2. The zero-order valence-electron chi connectivity index (χ0n) is 19.8. The smallest absolute Gasteiger partial charge is 0.407 e. The van der Waals surface area contributed by atoms with Crippen molar-refractivity contribution in [1.29, 1.82) is 0 Å². The van der Waals surface area contributed by atoms with E-state index in [0.717, 1.165) is 5.56 Å². The van der Waals surface area contributed by atoms with Crippen molar-refractivity contribution in [1.82, 2.24) is 25.5 Å². The zero-order valence-corrected chi connectivity index (χ0v) is 19.8. The summed E-state index contributed by atoms with van der Waals surface area (Å²) in [6.45, 7) is 3.08. The fourth-order valence-electron chi connectivity index (χ4n) is 4.08. The van der Waals surface area contributed by atoms with Crippen molar-refractivity contribution in [2.24, 2.45) is 0 Å². The molecule has 1 aliphatic heterocycles. The number of carboxylic acid groups (broad SMARTS) is 1. The van der Waals surface area contributed by atoms with Gasteiger partial charge in [0.25, 0.3) is 11.8 Å². The van der Waals surface area contributed by atoms with Crippen LogP contribution in [-0.2, 0) is 0 Å². The highest BCUT2D eigenvalue weighted by atomic mass is 16.4. The van der Waals surface area contributed by atoms with Gasteiger partial charge in [0.1, 0.15) is 0 Å². The Balaban J connectivity index is 1.44. The number of likely N-dealkylation sites (tertiary alicyclic amines) is 1. The number of hydrogen-bond acceptors (Lipinski definition) is 6. The molecule has 1 aromatic heterocycles. The molecule has 186 valence electrons. The number of rotatable bonds is 7. The number of nitrogens with zero attached hydrogens (tertiary/aromatic N) is 3. The molecule has 0 radical (unpaired) electrons. The first-order valence-electron chi connectivity index (χ1n) is 11.7. The van der Waals surface area contributed by atoms with E-state index in [4.69, 9.17) is 10.8 Å². The number of nitrogen functional groups attached to an aromatic ring is 1. The van der Waals surface area contributed by atoms with E-state index in [2.05, 4.69) is 20.6 Å². The van der Waals surface area contributed by atoms with E-state index in [-0.39, 0.29) is 35.9 Å². The molecule has 1 fully saturated rings. The van der Waals surface area contributed by atoms with Crippen LogP contribution in [0.1, 0.15) is 45.7 Å². The summed E-state index contributed by atoms with van der Waals surface area (Å²) < 4.78 is 0. The molecule has 3 amide bonds. The molecule has 1 unspecified atom stereocenters. The van der Waals surface area contributed by atoms with Gasteiger partial charge in [0.05, 0.1) is 11.9 Å². The van der Waals surface area contributed by atoms with Gasteiger partial charge in [-0.3, -0.25) is 9.59 Å². The summed E-state index contributed by atoms with van der Waals surface area (Å²) in [7, 11) is 0. The molecule has 0 bridgehead atoms. The van der Waals surface area contributed by atoms with Crippen LogP contribution in [0.2, 0.25) is 0 Å². The number of aromatic nitrogens is 2. The highest BCUT2D eigenvalue weighted by molar-refractivity contribution is 5.97. The van der Waals surface area contributed by atoms with Crippen LogP contribution < -0.4 is 16.4 Å². The summed E-state index contributed by atoms with van der Waals surface area (Å²) in [6, 6.07) is 16.5. The molecule has 10 heteroatoms. The van der Waals surface area contributed by atoms with E-state index in [1.54, 1.807) is 24.3 Å². The monoisotopic (exact) mass is 488 g/mol. The summed E-state index contributed by atoms with van der Waals surface area (Å²) in [4.78, 5) is 46.4. The maximum Gasteiger partial charge on any atom is 0.407 e. The van der Waals surface area contributed by atoms with Gasteiger partial charge in [-0.15, -0.1) is 0 Å². The van der Waals surface area contributed by atoms with Crippen molar-refractivity contribution >= 4 is 23.7 Å². The number of anilines is 1. The largest absolute Gasteiger partial charge is 0.465 e. The maximum atomic E-state index is 12.8. The number of nitrogens with two attached hydrogens (primary N) is 1. The minimum atomic E-state index is -1.02. The first-order chi connectivity index (χ1) is 17.3. The Kier molecular flexibility index (Phi) is 7.43. The molecule has 1 aliphatic rings. The average Bonchev–Trinajstić information content (AvgIpc) is 3.36. The summed E-state index contributed by atoms with van der Waals surface area (Å²) >= 11 is 0. The number of hydrogen-bond donors (Lipinski definition) is 4. The lowest BCUT2D eigenvalue weighted by molar-refractivity contribution is 0.0929. The molecule has 10 nitrogen and oxygen atoms in total. The van der Waals surface area contributed by atoms with E-state index in [1.165, 1.54) is 11.1 Å². The van der Waals surface area contributed by atoms with Crippen molar-refractivity contribution in [3.8, 4) is 11.3 Å². The first kappa shape index (κ1) is 24.6. The third-order valence-corrected chi connectivity index (χ3v) is 6.17. The summed E-state index contributed by atoms with van der Waals surface area (Å²) in [5.74, 6) is -0.619. The minimum absolute atomic E-state index is 0.0341. The molecule has 4 rings (SSSR count). The maximum absolute atomic E-state index is 12.8. The second kappa shape index (κ2) is 10.9. The molecule has 2 atom stereocenters. The number of carbonyl (C=O) groups is 3. The van der Waals surface area contributed by atoms with Gasteiger partial charge in [-0.05, 0) is 30.0 Å². The van der Waals surface area contributed by atoms with Gasteiger partial charge < -0.3 is 26.4 Å². The molecule has 0 saturated carbocycles. The van der Waals surface area contributed by atoms with E-state index >= 15 is 0 Å². The van der Waals surface area contributed by atoms with E-state index in [9.17, 15) is 14.4 Å². The van der Waals surface area contributed by atoms with Crippen LogP contribution in [0.3, 0.4) is 0 Å². The number of amides is 3. The first-order valence-corrected chi connectivity index (χ1v) is 11.7. The van der Waals surface area contributed by atoms with Gasteiger partial charge in [0, 0.05) is 36.8 Å². The van der Waals surface area contributed by atoms with Gasteiger partial charge >= 0.3 is 6.09 Å². The lowest BCUT2D eigenvalue weighted by atomic mass is 10.0. The van der Waals surface area contributed by atoms with Crippen molar-refractivity contribution in [2.45, 2.75) is 25.3 Å². The standard InChI is InChI=1S/C26H28N6O4/c1-16(17-6-3-2-4-7-17)13-29-24(33)19-9-5-8-18(12-19)21-14-28-23(27)22(31-21)25(34)30-20-10-11-32(15-20)26(35)36/h2-9,12,14,16,20H,10-11,13,15H2,1H3,(H2,27,28)(H,29,33)(H,30,34)(H,35,36)/t16?,20-/m0/s1. The SMILES string of the molecule is CC(CNC(=O)c1cccc(-c2cnc(N)c(C(=O)N[C@H]3CCN(C(=O)O)C3)n2)c1)c1ccccc1. The Bertz CT molecular complexity index is 1270. The number of carbonyl (C=O) groups excluding carboxylic acids is 2. The van der Waals surface area contributed by atoms with E-state index in [1.807, 2.05) is 37.3 Å². The van der Waals surface area contributed by atoms with Crippen molar-refractivity contribution in [3.05, 3.63) is 77.6 Å². The van der Waals surface area contributed by atoms with Crippen molar-refractivity contribution in [3.63, 3.8) is 0 Å². The molecular formula is C26H28N6O4. The second-order valence-electron chi connectivity index (χ2n) is 8.78. The van der Waals surface area contributed by atoms with Crippen LogP contribution in [0, 0.1) is 0 Å². The molecular weight excluding hydrogens is 460 g/mol. The third kappa shape index (κ3) is 5.77. The fraction of sp³-hybridized carbons (Fsp3) is 0.269. The Labute approximate surface area is 208 Å². The third-order valence-electron chi connectivity index (χ3n) is 6.17. The molecule has 2 heterocycles. The Morgan fingerprint density at radius 3 is 2.64 bits per heavy atom. The van der Waals surface area contributed by atoms with Crippen LogP contribution in [0.4, 0.5) is 10.6 Å². The molecule has 3 aromatic rings. The highest BCUT2D eigenvalue weighted by Gasteiger charge is 2.28. The van der Waals surface area contributed by atoms with Crippen LogP contribution in [0.5, 0.6) is 0 Å². The molecule has 1 saturated heterocycles. The van der Waals surface area contributed by atoms with Crippen LogP contribution in [0.15, 0.2) is 60.8 Å². The summed E-state index contributed by atoms with van der Waals surface area (Å²) in [6.07, 6.45) is 0.930. The summed E-state index contributed by atoms with van der Waals surface area (Å²) in [5, 5.41) is 14.8. The normalized spacial score (nSPS) is 15.8. The molecule has 0 aliphatic carbocycles. The van der Waals surface area contributed by atoms with Crippen molar-refractivity contribution in [2.75, 3.05) is 25.4 Å². The minimum Gasteiger partial charge on any atom is -0.465 e. The van der Waals surface area contributed by atoms with Gasteiger partial charge in [-0.25, -0.2) is 14.8 Å². The molecule has 0 spiro atoms. The van der Waals surface area contributed by atoms with Crippen LogP contribution in [0.25, 0.3) is 11.3 Å². The zero-order chi connectivity index (χ0) is 25.7. The molecule has 5 N–H and O–H groups in total. The average molecular weight is 489 g/mol. The van der Waals surface area contributed by atoms with Crippen molar-refractivity contribution < 1.29 is 19.5 Å². The molecule has 2 aromatic carbocycles. The Morgan fingerprint density at radius 2 is 1.92 bits per heavy atom. The second-order valence-corrected chi connectivity index (χ2v) is 8.78. The van der Waals surface area contributed by atoms with Crippen LogP contribution >= 0.6 is 0 Å².